The molecule has 1 heterocycles. The number of carbonyl (C=O) groups is 1. The normalized spacial score (nSPS) is 10.4. The first kappa shape index (κ1) is 16.7. The Bertz CT molecular complexity index is 1050. The molecule has 1 aromatic heterocycles. The molecule has 0 radical (unpaired) electrons. The molecule has 0 aliphatic carbocycles. The lowest BCUT2D eigenvalue weighted by atomic mass is 10.0. The Morgan fingerprint density at radius 1 is 0.667 bits per heavy atom. The molecule has 1 N–H and O–H groups in total. The van der Waals surface area contributed by atoms with E-state index in [4.69, 9.17) is 0 Å². The van der Waals surface area contributed by atoms with Gasteiger partial charge in [0.1, 0.15) is 0 Å². The zero-order valence-corrected chi connectivity index (χ0v) is 14.5. The zero-order chi connectivity index (χ0) is 18.5. The molecule has 0 atom stereocenters. The Labute approximate surface area is 157 Å². The molecule has 0 bridgehead atoms. The number of hydrogen-bond donors (Lipinski definition) is 1. The molecular formula is C23H17N3O. The third-order valence-corrected chi connectivity index (χ3v) is 4.21. The van der Waals surface area contributed by atoms with Crippen molar-refractivity contribution in [2.24, 2.45) is 0 Å². The lowest BCUT2D eigenvalue weighted by Gasteiger charge is -2.11. The second-order valence-corrected chi connectivity index (χ2v) is 6.03. The molecule has 4 heteroatoms. The maximum atomic E-state index is 12.7. The highest BCUT2D eigenvalue weighted by atomic mass is 16.1. The summed E-state index contributed by atoms with van der Waals surface area (Å²) >= 11 is 0. The summed E-state index contributed by atoms with van der Waals surface area (Å²) in [6.45, 7) is 0. The number of amides is 1. The van der Waals surface area contributed by atoms with Gasteiger partial charge < -0.3 is 5.32 Å². The molecule has 0 aliphatic rings. The summed E-state index contributed by atoms with van der Waals surface area (Å²) in [7, 11) is 0. The summed E-state index contributed by atoms with van der Waals surface area (Å²) in [4.78, 5) is 21.3. The van der Waals surface area contributed by atoms with Crippen molar-refractivity contribution in [1.29, 1.82) is 0 Å². The predicted octanol–water partition coefficient (Wildman–Crippen LogP) is 5.06. The molecule has 0 spiro atoms. The number of hydrogen-bond acceptors (Lipinski definition) is 3. The molecule has 130 valence electrons. The van der Waals surface area contributed by atoms with Crippen LogP contribution in [0.5, 0.6) is 0 Å². The maximum Gasteiger partial charge on any atom is 0.258 e. The van der Waals surface area contributed by atoms with Crippen LogP contribution < -0.4 is 5.32 Å². The third-order valence-electron chi connectivity index (χ3n) is 4.21. The number of carbonyl (C=O) groups excluding carboxylic acids is 1. The van der Waals surface area contributed by atoms with Crippen molar-refractivity contribution in [1.82, 2.24) is 9.97 Å². The average molecular weight is 351 g/mol. The van der Waals surface area contributed by atoms with Gasteiger partial charge in [-0.15, -0.1) is 0 Å². The van der Waals surface area contributed by atoms with Gasteiger partial charge in [-0.3, -0.25) is 4.79 Å². The molecule has 0 aliphatic heterocycles. The Hall–Kier alpha value is -3.79. The van der Waals surface area contributed by atoms with Crippen molar-refractivity contribution in [2.45, 2.75) is 0 Å². The monoisotopic (exact) mass is 351 g/mol. The lowest BCUT2D eigenvalue weighted by Crippen LogP contribution is -2.13. The second kappa shape index (κ2) is 7.62. The number of para-hydroxylation sites is 1. The van der Waals surface area contributed by atoms with Gasteiger partial charge in [0.25, 0.3) is 5.91 Å². The number of anilines is 1. The van der Waals surface area contributed by atoms with Crippen LogP contribution in [0, 0.1) is 0 Å². The summed E-state index contributed by atoms with van der Waals surface area (Å²) in [6, 6.07) is 27.4. The van der Waals surface area contributed by atoms with Crippen LogP contribution in [0.4, 0.5) is 5.69 Å². The van der Waals surface area contributed by atoms with Crippen LogP contribution in [0.2, 0.25) is 0 Å². The van der Waals surface area contributed by atoms with Crippen LogP contribution in [-0.4, -0.2) is 15.9 Å². The molecule has 0 fully saturated rings. The van der Waals surface area contributed by atoms with Crippen LogP contribution >= 0.6 is 0 Å². The largest absolute Gasteiger partial charge is 0.321 e. The summed E-state index contributed by atoms with van der Waals surface area (Å²) in [6.07, 6.45) is 3.10. The first-order chi connectivity index (χ1) is 13.3. The van der Waals surface area contributed by atoms with E-state index >= 15 is 0 Å². The van der Waals surface area contributed by atoms with Crippen molar-refractivity contribution >= 4 is 11.6 Å². The standard InChI is InChI=1S/C23H17N3O/c27-23(19-15-24-22(25-16-19)18-11-5-2-6-12-18)26-21-14-8-7-13-20(21)17-9-3-1-4-10-17/h1-16H,(H,26,27). The Morgan fingerprint density at radius 2 is 1.22 bits per heavy atom. The summed E-state index contributed by atoms with van der Waals surface area (Å²) in [5.74, 6) is 0.356. The minimum Gasteiger partial charge on any atom is -0.321 e. The first-order valence-corrected chi connectivity index (χ1v) is 8.64. The number of benzene rings is 3. The van der Waals surface area contributed by atoms with Gasteiger partial charge in [0, 0.05) is 29.2 Å². The van der Waals surface area contributed by atoms with E-state index in [0.29, 0.717) is 11.4 Å². The van der Waals surface area contributed by atoms with E-state index in [1.807, 2.05) is 84.9 Å². The number of aromatic nitrogens is 2. The first-order valence-electron chi connectivity index (χ1n) is 8.64. The van der Waals surface area contributed by atoms with E-state index in [1.54, 1.807) is 12.4 Å². The fourth-order valence-corrected chi connectivity index (χ4v) is 2.84. The van der Waals surface area contributed by atoms with Crippen LogP contribution in [0.1, 0.15) is 10.4 Å². The molecular weight excluding hydrogens is 334 g/mol. The molecule has 3 aromatic carbocycles. The number of rotatable bonds is 4. The topological polar surface area (TPSA) is 54.9 Å². The Balaban J connectivity index is 1.57. The van der Waals surface area contributed by atoms with Crippen LogP contribution in [-0.2, 0) is 0 Å². The molecule has 4 rings (SSSR count). The highest BCUT2D eigenvalue weighted by Gasteiger charge is 2.11. The molecule has 4 nitrogen and oxygen atoms in total. The van der Waals surface area contributed by atoms with E-state index in [2.05, 4.69) is 15.3 Å². The van der Waals surface area contributed by atoms with Gasteiger partial charge in [0.15, 0.2) is 5.82 Å². The van der Waals surface area contributed by atoms with Gasteiger partial charge in [0.05, 0.1) is 5.56 Å². The van der Waals surface area contributed by atoms with E-state index in [-0.39, 0.29) is 5.91 Å². The molecule has 1 amide bonds. The highest BCUT2D eigenvalue weighted by Crippen LogP contribution is 2.27. The average Bonchev–Trinajstić information content (AvgIpc) is 2.75. The second-order valence-electron chi connectivity index (χ2n) is 6.03. The molecule has 27 heavy (non-hydrogen) atoms. The minimum atomic E-state index is -0.238. The Kier molecular flexibility index (Phi) is 4.70. The summed E-state index contributed by atoms with van der Waals surface area (Å²) in [5.41, 5.74) is 4.09. The van der Waals surface area contributed by atoms with Crippen molar-refractivity contribution < 1.29 is 4.79 Å². The minimum absolute atomic E-state index is 0.238. The quantitative estimate of drug-likeness (QED) is 0.559. The maximum absolute atomic E-state index is 12.7. The molecule has 4 aromatic rings. The summed E-state index contributed by atoms with van der Waals surface area (Å²) in [5, 5.41) is 2.97. The highest BCUT2D eigenvalue weighted by molar-refractivity contribution is 6.06. The van der Waals surface area contributed by atoms with Gasteiger partial charge in [0.2, 0.25) is 0 Å². The summed E-state index contributed by atoms with van der Waals surface area (Å²) < 4.78 is 0. The van der Waals surface area contributed by atoms with Crippen LogP contribution in [0.15, 0.2) is 97.3 Å². The zero-order valence-electron chi connectivity index (χ0n) is 14.5. The van der Waals surface area contributed by atoms with Crippen molar-refractivity contribution in [3.63, 3.8) is 0 Å². The Morgan fingerprint density at radius 3 is 1.89 bits per heavy atom. The predicted molar refractivity (Wildman–Crippen MR) is 107 cm³/mol. The third kappa shape index (κ3) is 3.75. The van der Waals surface area contributed by atoms with Gasteiger partial charge in [-0.2, -0.15) is 0 Å². The smallest absolute Gasteiger partial charge is 0.258 e. The number of nitrogens with zero attached hydrogens (tertiary/aromatic N) is 2. The van der Waals surface area contributed by atoms with Crippen molar-refractivity contribution in [2.75, 3.05) is 5.32 Å². The van der Waals surface area contributed by atoms with Crippen molar-refractivity contribution in [3.05, 3.63) is 103 Å². The van der Waals surface area contributed by atoms with Gasteiger partial charge in [-0.25, -0.2) is 9.97 Å². The number of nitrogens with one attached hydrogen (secondary N) is 1. The molecule has 0 unspecified atom stereocenters. The lowest BCUT2D eigenvalue weighted by molar-refractivity contribution is 0.102. The fourth-order valence-electron chi connectivity index (χ4n) is 2.84. The molecule has 0 saturated heterocycles. The SMILES string of the molecule is O=C(Nc1ccccc1-c1ccccc1)c1cnc(-c2ccccc2)nc1. The van der Waals surface area contributed by atoms with Crippen molar-refractivity contribution in [3.8, 4) is 22.5 Å². The van der Waals surface area contributed by atoms with E-state index in [9.17, 15) is 4.79 Å². The fraction of sp³-hybridized carbons (Fsp3) is 0. The molecule has 0 saturated carbocycles. The van der Waals surface area contributed by atoms with E-state index in [1.165, 1.54) is 0 Å². The van der Waals surface area contributed by atoms with Gasteiger partial charge >= 0.3 is 0 Å². The van der Waals surface area contributed by atoms with Gasteiger partial charge in [-0.05, 0) is 11.6 Å². The van der Waals surface area contributed by atoms with E-state index < -0.39 is 0 Å². The van der Waals surface area contributed by atoms with Gasteiger partial charge in [-0.1, -0.05) is 78.9 Å². The van der Waals surface area contributed by atoms with Crippen LogP contribution in [0.3, 0.4) is 0 Å². The van der Waals surface area contributed by atoms with E-state index in [0.717, 1.165) is 22.4 Å². The van der Waals surface area contributed by atoms with Crippen LogP contribution in [0.25, 0.3) is 22.5 Å².